The summed E-state index contributed by atoms with van der Waals surface area (Å²) in [4.78, 5) is 4.36. The van der Waals surface area contributed by atoms with Gasteiger partial charge in [-0.3, -0.25) is 9.71 Å². The van der Waals surface area contributed by atoms with E-state index in [-0.39, 0.29) is 22.5 Å². The van der Waals surface area contributed by atoms with Gasteiger partial charge >= 0.3 is 0 Å². The highest BCUT2D eigenvalue weighted by Gasteiger charge is 2.20. The number of ether oxygens (including phenoxy) is 1. The fourth-order valence-electron chi connectivity index (χ4n) is 3.19. The average molecular weight is 441 g/mol. The zero-order valence-corrected chi connectivity index (χ0v) is 17.8. The van der Waals surface area contributed by atoms with Crippen molar-refractivity contribution >= 4 is 26.7 Å². The third kappa shape index (κ3) is 4.36. The van der Waals surface area contributed by atoms with E-state index < -0.39 is 16.7 Å². The van der Waals surface area contributed by atoms with Gasteiger partial charge in [-0.25, -0.2) is 17.5 Å². The molecule has 0 aliphatic rings. The number of nitrogens with one attached hydrogen (secondary N) is 1. The zero-order chi connectivity index (χ0) is 22.0. The van der Waals surface area contributed by atoms with Gasteiger partial charge in [0.2, 0.25) is 0 Å². The van der Waals surface area contributed by atoms with Crippen LogP contribution in [0.15, 0.2) is 71.8 Å². The van der Waals surface area contributed by atoms with Crippen molar-refractivity contribution in [2.24, 2.45) is 0 Å². The minimum atomic E-state index is -3.94. The number of alkyl halides is 1. The van der Waals surface area contributed by atoms with Crippen LogP contribution in [0.3, 0.4) is 0 Å². The number of sulfonamides is 1. The lowest BCUT2D eigenvalue weighted by molar-refractivity contribution is 0.242. The molecule has 31 heavy (non-hydrogen) atoms. The Kier molecular flexibility index (Phi) is 5.60. The van der Waals surface area contributed by atoms with Crippen LogP contribution in [0.2, 0.25) is 0 Å². The predicted molar refractivity (Wildman–Crippen MR) is 117 cm³/mol. The quantitative estimate of drug-likeness (QED) is 0.458. The van der Waals surface area contributed by atoms with Gasteiger partial charge < -0.3 is 4.74 Å². The summed E-state index contributed by atoms with van der Waals surface area (Å²) in [6, 6.07) is 16.5. The van der Waals surface area contributed by atoms with Gasteiger partial charge in [0.15, 0.2) is 0 Å². The number of benzene rings is 2. The Hall–Kier alpha value is -3.46. The third-order valence-electron chi connectivity index (χ3n) is 4.49. The molecule has 0 fully saturated rings. The molecule has 0 unspecified atom stereocenters. The minimum absolute atomic E-state index is 0.0239. The first-order valence-electron chi connectivity index (χ1n) is 9.66. The number of fused-ring (bicyclic) bond motifs is 1. The van der Waals surface area contributed by atoms with E-state index in [1.807, 2.05) is 26.0 Å². The van der Waals surface area contributed by atoms with E-state index in [2.05, 4.69) is 14.8 Å². The Morgan fingerprint density at radius 2 is 1.87 bits per heavy atom. The van der Waals surface area contributed by atoms with Gasteiger partial charge in [-0.15, -0.1) is 0 Å². The van der Waals surface area contributed by atoms with Crippen LogP contribution in [-0.2, 0) is 16.7 Å². The van der Waals surface area contributed by atoms with E-state index in [0.29, 0.717) is 17.0 Å². The largest absolute Gasteiger partial charge is 0.491 e. The third-order valence-corrected chi connectivity index (χ3v) is 5.86. The molecular formula is C22H21FN4O3S. The average Bonchev–Trinajstić information content (AvgIpc) is 3.15. The summed E-state index contributed by atoms with van der Waals surface area (Å²) in [6.45, 7) is 2.95. The maximum atomic E-state index is 13.4. The highest BCUT2D eigenvalue weighted by molar-refractivity contribution is 7.92. The van der Waals surface area contributed by atoms with Crippen molar-refractivity contribution < 1.29 is 17.5 Å². The van der Waals surface area contributed by atoms with Crippen LogP contribution in [0, 0.1) is 0 Å². The van der Waals surface area contributed by atoms with E-state index in [4.69, 9.17) is 4.74 Å². The second-order valence-corrected chi connectivity index (χ2v) is 8.84. The molecule has 2 aromatic carbocycles. The van der Waals surface area contributed by atoms with Crippen LogP contribution in [0.4, 0.5) is 10.2 Å². The number of rotatable bonds is 7. The molecule has 0 aliphatic heterocycles. The molecule has 2 aromatic heterocycles. The van der Waals surface area contributed by atoms with Crippen molar-refractivity contribution in [2.75, 3.05) is 4.72 Å². The topological polar surface area (TPSA) is 86.1 Å². The molecule has 7 nitrogen and oxygen atoms in total. The number of hydrogen-bond donors (Lipinski definition) is 1. The summed E-state index contributed by atoms with van der Waals surface area (Å²) >= 11 is 0. The Morgan fingerprint density at radius 3 is 2.58 bits per heavy atom. The van der Waals surface area contributed by atoms with Crippen molar-refractivity contribution in [1.82, 2.24) is 14.8 Å². The summed E-state index contributed by atoms with van der Waals surface area (Å²) < 4.78 is 48.8. The standard InChI is InChI=1S/C22H21FN4O3S/c1-15(2)30-17-8-10-18(11-9-17)31(28,29)26-22-13-16(14-23)25-27(22)21-7-3-6-20-19(21)5-4-12-24-20/h3-13,15,26H,14H2,1-2H3. The van der Waals surface area contributed by atoms with Gasteiger partial charge in [0, 0.05) is 17.6 Å². The molecule has 0 amide bonds. The second kappa shape index (κ2) is 8.35. The van der Waals surface area contributed by atoms with E-state index in [1.54, 1.807) is 36.5 Å². The Bertz CT molecular complexity index is 1310. The van der Waals surface area contributed by atoms with E-state index in [1.165, 1.54) is 22.9 Å². The van der Waals surface area contributed by atoms with Crippen LogP contribution in [0.1, 0.15) is 19.5 Å². The number of halogens is 1. The molecule has 0 saturated carbocycles. The fraction of sp³-hybridized carbons (Fsp3) is 0.182. The smallest absolute Gasteiger partial charge is 0.263 e. The predicted octanol–water partition coefficient (Wildman–Crippen LogP) is 4.48. The Morgan fingerprint density at radius 1 is 1.10 bits per heavy atom. The summed E-state index contributed by atoms with van der Waals surface area (Å²) in [5.41, 5.74) is 1.41. The van der Waals surface area contributed by atoms with E-state index in [9.17, 15) is 12.8 Å². The van der Waals surface area contributed by atoms with Crippen LogP contribution in [0.25, 0.3) is 16.6 Å². The normalized spacial score (nSPS) is 11.7. The highest BCUT2D eigenvalue weighted by Crippen LogP contribution is 2.27. The second-order valence-electron chi connectivity index (χ2n) is 7.16. The molecule has 0 atom stereocenters. The lowest BCUT2D eigenvalue weighted by Crippen LogP contribution is -2.16. The van der Waals surface area contributed by atoms with Crippen molar-refractivity contribution in [3.05, 3.63) is 72.6 Å². The van der Waals surface area contributed by atoms with Crippen LogP contribution in [-0.4, -0.2) is 29.3 Å². The van der Waals surface area contributed by atoms with Gasteiger partial charge in [0.1, 0.15) is 18.2 Å². The summed E-state index contributed by atoms with van der Waals surface area (Å²) in [5, 5.41) is 5.00. The van der Waals surface area contributed by atoms with E-state index >= 15 is 0 Å². The Balaban J connectivity index is 1.73. The summed E-state index contributed by atoms with van der Waals surface area (Å²) in [7, 11) is -3.94. The highest BCUT2D eigenvalue weighted by atomic mass is 32.2. The molecule has 0 spiro atoms. The molecule has 1 N–H and O–H groups in total. The number of hydrogen-bond acceptors (Lipinski definition) is 5. The van der Waals surface area contributed by atoms with Crippen molar-refractivity contribution in [2.45, 2.75) is 31.5 Å². The Labute approximate surface area is 179 Å². The minimum Gasteiger partial charge on any atom is -0.491 e. The molecule has 0 saturated heterocycles. The molecule has 2 heterocycles. The first-order valence-corrected chi connectivity index (χ1v) is 11.1. The van der Waals surface area contributed by atoms with Gasteiger partial charge in [0.25, 0.3) is 10.0 Å². The maximum absolute atomic E-state index is 13.4. The molecular weight excluding hydrogens is 419 g/mol. The van der Waals surface area contributed by atoms with Crippen LogP contribution < -0.4 is 9.46 Å². The van der Waals surface area contributed by atoms with Crippen molar-refractivity contribution in [1.29, 1.82) is 0 Å². The number of pyridine rings is 1. The van der Waals surface area contributed by atoms with Crippen molar-refractivity contribution in [3.8, 4) is 11.4 Å². The number of nitrogens with zero attached hydrogens (tertiary/aromatic N) is 3. The van der Waals surface area contributed by atoms with Gasteiger partial charge in [-0.05, 0) is 62.4 Å². The van der Waals surface area contributed by atoms with Crippen molar-refractivity contribution in [3.63, 3.8) is 0 Å². The van der Waals surface area contributed by atoms with Gasteiger partial charge in [-0.1, -0.05) is 6.07 Å². The lowest BCUT2D eigenvalue weighted by Gasteiger charge is -2.13. The zero-order valence-electron chi connectivity index (χ0n) is 17.0. The molecule has 4 aromatic rings. The summed E-state index contributed by atoms with van der Waals surface area (Å²) in [6.07, 6.45) is 1.64. The monoisotopic (exact) mass is 440 g/mol. The van der Waals surface area contributed by atoms with Gasteiger partial charge in [-0.2, -0.15) is 5.10 Å². The molecule has 4 rings (SSSR count). The number of anilines is 1. The first-order chi connectivity index (χ1) is 14.9. The van der Waals surface area contributed by atoms with Gasteiger partial charge in [0.05, 0.1) is 27.9 Å². The summed E-state index contributed by atoms with van der Waals surface area (Å²) in [5.74, 6) is 0.702. The molecule has 0 bridgehead atoms. The molecule has 9 heteroatoms. The van der Waals surface area contributed by atoms with Crippen LogP contribution in [0.5, 0.6) is 5.75 Å². The van der Waals surface area contributed by atoms with E-state index in [0.717, 1.165) is 5.39 Å². The lowest BCUT2D eigenvalue weighted by atomic mass is 10.2. The molecule has 0 radical (unpaired) electrons. The maximum Gasteiger partial charge on any atom is 0.263 e. The molecule has 160 valence electrons. The van der Waals surface area contributed by atoms with Crippen LogP contribution >= 0.6 is 0 Å². The number of aromatic nitrogens is 3. The molecule has 0 aliphatic carbocycles. The SMILES string of the molecule is CC(C)Oc1ccc(S(=O)(=O)Nc2cc(CF)nn2-c2cccc3ncccc23)cc1. The first kappa shape index (κ1) is 20.8. The fourth-order valence-corrected chi connectivity index (χ4v) is 4.22.